The summed E-state index contributed by atoms with van der Waals surface area (Å²) in [5, 5.41) is 3.92. The van der Waals surface area contributed by atoms with Crippen LogP contribution in [-0.4, -0.2) is 25.3 Å². The van der Waals surface area contributed by atoms with E-state index in [9.17, 15) is 0 Å². The first-order valence-corrected chi connectivity index (χ1v) is 6.86. The molecule has 1 N–H and O–H groups in total. The maximum absolute atomic E-state index is 5.49. The summed E-state index contributed by atoms with van der Waals surface area (Å²) < 4.78 is 5.49. The van der Waals surface area contributed by atoms with Crippen LogP contribution in [0.1, 0.15) is 46.5 Å². The third-order valence-corrected chi connectivity index (χ3v) is 5.60. The third-order valence-electron chi connectivity index (χ3n) is 5.60. The fourth-order valence-corrected chi connectivity index (χ4v) is 4.62. The summed E-state index contributed by atoms with van der Waals surface area (Å²) in [5.74, 6) is 0.942. The monoisotopic (exact) mass is 223 g/mol. The lowest BCUT2D eigenvalue weighted by Gasteiger charge is -2.44. The Labute approximate surface area is 99.1 Å². The molecule has 3 fully saturated rings. The average molecular weight is 223 g/mol. The van der Waals surface area contributed by atoms with Gasteiger partial charge in [-0.1, -0.05) is 20.8 Å². The molecular weight excluding hydrogens is 198 g/mol. The van der Waals surface area contributed by atoms with E-state index in [-0.39, 0.29) is 0 Å². The maximum atomic E-state index is 5.49. The van der Waals surface area contributed by atoms with Crippen LogP contribution in [0.4, 0.5) is 0 Å². The summed E-state index contributed by atoms with van der Waals surface area (Å²) in [5.41, 5.74) is 1.03. The van der Waals surface area contributed by atoms with Crippen molar-refractivity contribution in [2.24, 2.45) is 16.7 Å². The Morgan fingerprint density at radius 1 is 1.19 bits per heavy atom. The van der Waals surface area contributed by atoms with Crippen molar-refractivity contribution in [1.82, 2.24) is 5.32 Å². The molecule has 2 bridgehead atoms. The van der Waals surface area contributed by atoms with Gasteiger partial charge in [0.2, 0.25) is 0 Å². The summed E-state index contributed by atoms with van der Waals surface area (Å²) in [7, 11) is 0. The van der Waals surface area contributed by atoms with E-state index in [0.717, 1.165) is 19.1 Å². The highest BCUT2D eigenvalue weighted by molar-refractivity contribution is 5.12. The van der Waals surface area contributed by atoms with Gasteiger partial charge in [0.15, 0.2) is 0 Å². The van der Waals surface area contributed by atoms with E-state index in [1.165, 1.54) is 25.7 Å². The van der Waals surface area contributed by atoms with Crippen molar-refractivity contribution < 1.29 is 4.74 Å². The molecule has 2 saturated carbocycles. The maximum Gasteiger partial charge on any atom is 0.0620 e. The van der Waals surface area contributed by atoms with Crippen molar-refractivity contribution in [3.05, 3.63) is 0 Å². The molecule has 0 aromatic carbocycles. The Hall–Kier alpha value is -0.0800. The van der Waals surface area contributed by atoms with Gasteiger partial charge in [0, 0.05) is 18.7 Å². The molecule has 0 amide bonds. The summed E-state index contributed by atoms with van der Waals surface area (Å²) in [6.07, 6.45) is 5.51. The Morgan fingerprint density at radius 2 is 2.00 bits per heavy atom. The second-order valence-electron chi connectivity index (χ2n) is 7.08. The number of hydrogen-bond acceptors (Lipinski definition) is 2. The topological polar surface area (TPSA) is 21.3 Å². The van der Waals surface area contributed by atoms with Crippen molar-refractivity contribution in [3.63, 3.8) is 0 Å². The minimum atomic E-state index is 0.482. The van der Waals surface area contributed by atoms with E-state index in [4.69, 9.17) is 4.74 Å². The van der Waals surface area contributed by atoms with Gasteiger partial charge in [-0.2, -0.15) is 0 Å². The molecule has 4 atom stereocenters. The first kappa shape index (κ1) is 11.0. The first-order valence-electron chi connectivity index (χ1n) is 6.86. The predicted octanol–water partition coefficient (Wildman–Crippen LogP) is 2.58. The number of hydrogen-bond donors (Lipinski definition) is 1. The van der Waals surface area contributed by atoms with Crippen LogP contribution in [0.15, 0.2) is 0 Å². The van der Waals surface area contributed by atoms with Crippen LogP contribution in [0.3, 0.4) is 0 Å². The van der Waals surface area contributed by atoms with E-state index >= 15 is 0 Å². The summed E-state index contributed by atoms with van der Waals surface area (Å²) in [6, 6.07) is 1.31. The smallest absolute Gasteiger partial charge is 0.0620 e. The fourth-order valence-electron chi connectivity index (χ4n) is 4.62. The summed E-state index contributed by atoms with van der Waals surface area (Å²) in [4.78, 5) is 0. The number of ether oxygens (including phenoxy) is 1. The van der Waals surface area contributed by atoms with Gasteiger partial charge < -0.3 is 10.1 Å². The van der Waals surface area contributed by atoms with Gasteiger partial charge in [0.25, 0.3) is 0 Å². The van der Waals surface area contributed by atoms with Crippen LogP contribution in [0.25, 0.3) is 0 Å². The molecular formula is C14H25NO. The van der Waals surface area contributed by atoms with Crippen molar-refractivity contribution >= 4 is 0 Å². The minimum absolute atomic E-state index is 0.482. The molecule has 0 spiro atoms. The van der Waals surface area contributed by atoms with E-state index in [1.54, 1.807) is 0 Å². The standard InChI is InChI=1S/C14H25NO/c1-13(2)10-4-6-14(3,8-10)12(13)15-11-5-7-16-9-11/h10-12,15H,4-9H2,1-3H3. The van der Waals surface area contributed by atoms with Crippen LogP contribution in [0, 0.1) is 16.7 Å². The number of rotatable bonds is 2. The van der Waals surface area contributed by atoms with E-state index in [0.29, 0.717) is 22.9 Å². The lowest BCUT2D eigenvalue weighted by atomic mass is 9.68. The highest BCUT2D eigenvalue weighted by Crippen LogP contribution is 2.62. The highest BCUT2D eigenvalue weighted by Gasteiger charge is 2.59. The highest BCUT2D eigenvalue weighted by atomic mass is 16.5. The van der Waals surface area contributed by atoms with Gasteiger partial charge in [0.1, 0.15) is 0 Å². The molecule has 1 saturated heterocycles. The Kier molecular flexibility index (Phi) is 2.38. The zero-order chi connectivity index (χ0) is 11.4. The molecule has 0 aromatic rings. The second-order valence-corrected chi connectivity index (χ2v) is 7.08. The van der Waals surface area contributed by atoms with Crippen LogP contribution in [0.2, 0.25) is 0 Å². The van der Waals surface area contributed by atoms with Gasteiger partial charge in [0.05, 0.1) is 6.61 Å². The first-order chi connectivity index (χ1) is 7.52. The van der Waals surface area contributed by atoms with Crippen LogP contribution in [-0.2, 0) is 4.74 Å². The zero-order valence-electron chi connectivity index (χ0n) is 10.9. The Balaban J connectivity index is 1.77. The number of nitrogens with one attached hydrogen (secondary N) is 1. The molecule has 92 valence electrons. The molecule has 2 nitrogen and oxygen atoms in total. The molecule has 16 heavy (non-hydrogen) atoms. The molecule has 3 rings (SSSR count). The van der Waals surface area contributed by atoms with Gasteiger partial charge in [-0.05, 0) is 42.4 Å². The van der Waals surface area contributed by atoms with Gasteiger partial charge in [-0.25, -0.2) is 0 Å². The number of fused-ring (bicyclic) bond motifs is 2. The van der Waals surface area contributed by atoms with Crippen molar-refractivity contribution in [3.8, 4) is 0 Å². The van der Waals surface area contributed by atoms with Crippen molar-refractivity contribution in [2.45, 2.75) is 58.5 Å². The largest absolute Gasteiger partial charge is 0.380 e. The molecule has 1 heterocycles. The summed E-state index contributed by atoms with van der Waals surface area (Å²) >= 11 is 0. The van der Waals surface area contributed by atoms with E-state index in [1.807, 2.05) is 0 Å². The second kappa shape index (κ2) is 3.46. The molecule has 2 heteroatoms. The van der Waals surface area contributed by atoms with Crippen LogP contribution in [0.5, 0.6) is 0 Å². The Bertz CT molecular complexity index is 278. The van der Waals surface area contributed by atoms with Gasteiger partial charge in [-0.3, -0.25) is 0 Å². The molecule has 0 radical (unpaired) electrons. The predicted molar refractivity (Wildman–Crippen MR) is 65.4 cm³/mol. The van der Waals surface area contributed by atoms with Crippen molar-refractivity contribution in [2.75, 3.05) is 13.2 Å². The lowest BCUT2D eigenvalue weighted by Crippen LogP contribution is -2.53. The van der Waals surface area contributed by atoms with Crippen LogP contribution < -0.4 is 5.32 Å². The average Bonchev–Trinajstić information content (AvgIpc) is 2.85. The van der Waals surface area contributed by atoms with E-state index in [2.05, 4.69) is 26.1 Å². The van der Waals surface area contributed by atoms with Gasteiger partial charge in [-0.15, -0.1) is 0 Å². The molecule has 0 aromatic heterocycles. The quantitative estimate of drug-likeness (QED) is 0.777. The van der Waals surface area contributed by atoms with Crippen molar-refractivity contribution in [1.29, 1.82) is 0 Å². The van der Waals surface area contributed by atoms with Crippen LogP contribution >= 0.6 is 0 Å². The minimum Gasteiger partial charge on any atom is -0.380 e. The molecule has 4 unspecified atom stereocenters. The zero-order valence-corrected chi connectivity index (χ0v) is 10.9. The summed E-state index contributed by atoms with van der Waals surface area (Å²) in [6.45, 7) is 9.30. The molecule has 1 aliphatic heterocycles. The normalized spacial score (nSPS) is 50.1. The molecule has 2 aliphatic carbocycles. The SMILES string of the molecule is CC12CCC(C1)C(C)(C)C2NC1CCOC1. The van der Waals surface area contributed by atoms with E-state index < -0.39 is 0 Å². The molecule has 3 aliphatic rings. The lowest BCUT2D eigenvalue weighted by molar-refractivity contribution is 0.0942. The fraction of sp³-hybridized carbons (Fsp3) is 1.00. The third kappa shape index (κ3) is 1.46. The Morgan fingerprint density at radius 3 is 2.56 bits per heavy atom. The van der Waals surface area contributed by atoms with Gasteiger partial charge >= 0.3 is 0 Å².